The Morgan fingerprint density at radius 2 is 2.32 bits per heavy atom. The van der Waals surface area contributed by atoms with Crippen LogP contribution >= 0.6 is 23.1 Å². The first-order chi connectivity index (χ1) is 9.24. The Morgan fingerprint density at radius 3 is 3.16 bits per heavy atom. The molecule has 2 unspecified atom stereocenters. The Labute approximate surface area is 125 Å². The van der Waals surface area contributed by atoms with E-state index >= 15 is 0 Å². The van der Waals surface area contributed by atoms with Crippen molar-refractivity contribution in [1.29, 1.82) is 0 Å². The van der Waals surface area contributed by atoms with Gasteiger partial charge in [0.1, 0.15) is 0 Å². The summed E-state index contributed by atoms with van der Waals surface area (Å²) in [5, 5.41) is 6.84. The van der Waals surface area contributed by atoms with Gasteiger partial charge in [-0.3, -0.25) is 0 Å². The second-order valence-electron chi connectivity index (χ2n) is 5.92. The largest absolute Gasteiger partial charge is 0.308 e. The van der Waals surface area contributed by atoms with E-state index in [2.05, 4.69) is 47.4 Å². The number of fused-ring (bicyclic) bond motifs is 1. The van der Waals surface area contributed by atoms with E-state index in [0.29, 0.717) is 6.04 Å². The van der Waals surface area contributed by atoms with Crippen LogP contribution in [0.2, 0.25) is 0 Å². The van der Waals surface area contributed by atoms with Crippen LogP contribution in [-0.4, -0.2) is 36.3 Å². The molecule has 1 N–H and O–H groups in total. The minimum atomic E-state index is 0.577. The van der Waals surface area contributed by atoms with Gasteiger partial charge in [-0.1, -0.05) is 13.3 Å². The molecule has 1 fully saturated rings. The normalized spacial score (nSPS) is 32.2. The molecule has 0 amide bonds. The van der Waals surface area contributed by atoms with Gasteiger partial charge >= 0.3 is 0 Å². The molecule has 1 saturated heterocycles. The van der Waals surface area contributed by atoms with Crippen molar-refractivity contribution in [3.05, 3.63) is 17.0 Å². The molecule has 0 spiro atoms. The summed E-state index contributed by atoms with van der Waals surface area (Å²) in [7, 11) is 2.28. The van der Waals surface area contributed by atoms with Crippen LogP contribution in [0.25, 0.3) is 0 Å². The second kappa shape index (κ2) is 6.17. The van der Waals surface area contributed by atoms with E-state index in [1.54, 1.807) is 5.56 Å². The number of piperidine rings is 1. The van der Waals surface area contributed by atoms with Crippen LogP contribution in [0.1, 0.15) is 44.2 Å². The number of hydrogen-bond acceptors (Lipinski definition) is 4. The summed E-state index contributed by atoms with van der Waals surface area (Å²) < 4.78 is 1.54. The molecule has 0 aliphatic carbocycles. The lowest BCUT2D eigenvalue weighted by Gasteiger charge is -2.35. The molecule has 2 aliphatic heterocycles. The summed E-state index contributed by atoms with van der Waals surface area (Å²) in [5.41, 5.74) is 1.55. The predicted octanol–water partition coefficient (Wildman–Crippen LogP) is 3.75. The third-order valence-corrected chi connectivity index (χ3v) is 6.77. The molecule has 0 radical (unpaired) electrons. The van der Waals surface area contributed by atoms with E-state index in [9.17, 15) is 0 Å². The predicted molar refractivity (Wildman–Crippen MR) is 85.3 cm³/mol. The molecule has 3 heterocycles. The fourth-order valence-electron chi connectivity index (χ4n) is 3.22. The number of thioether (sulfide) groups is 1. The third-order valence-electron chi connectivity index (χ3n) is 4.43. The third kappa shape index (κ3) is 3.18. The molecule has 4 heteroatoms. The SMILES string of the molecule is C[C@H]1CC(NCC2CCCCN2C)c2ccsc2S1. The molecule has 0 saturated carbocycles. The maximum absolute atomic E-state index is 3.85. The number of hydrogen-bond donors (Lipinski definition) is 1. The average Bonchev–Trinajstić information content (AvgIpc) is 2.85. The Morgan fingerprint density at radius 1 is 1.42 bits per heavy atom. The molecule has 0 bridgehead atoms. The minimum Gasteiger partial charge on any atom is -0.308 e. The van der Waals surface area contributed by atoms with Gasteiger partial charge in [-0.25, -0.2) is 0 Å². The van der Waals surface area contributed by atoms with E-state index in [1.807, 2.05) is 11.3 Å². The zero-order valence-corrected chi connectivity index (χ0v) is 13.5. The summed E-state index contributed by atoms with van der Waals surface area (Å²) >= 11 is 3.96. The van der Waals surface area contributed by atoms with Crippen molar-refractivity contribution in [3.8, 4) is 0 Å². The molecular formula is C15H24N2S2. The first-order valence-electron chi connectivity index (χ1n) is 7.41. The van der Waals surface area contributed by atoms with Gasteiger partial charge in [0.25, 0.3) is 0 Å². The van der Waals surface area contributed by atoms with Crippen molar-refractivity contribution in [2.75, 3.05) is 20.1 Å². The summed E-state index contributed by atoms with van der Waals surface area (Å²) in [6, 6.07) is 3.63. The lowest BCUT2D eigenvalue weighted by Crippen LogP contribution is -2.44. The van der Waals surface area contributed by atoms with Crippen LogP contribution in [0.4, 0.5) is 0 Å². The Kier molecular flexibility index (Phi) is 4.52. The highest BCUT2D eigenvalue weighted by atomic mass is 32.2. The zero-order valence-electron chi connectivity index (χ0n) is 11.9. The molecule has 1 aromatic heterocycles. The lowest BCUT2D eigenvalue weighted by atomic mass is 10.0. The van der Waals surface area contributed by atoms with Crippen molar-refractivity contribution in [2.24, 2.45) is 0 Å². The van der Waals surface area contributed by atoms with Crippen molar-refractivity contribution >= 4 is 23.1 Å². The van der Waals surface area contributed by atoms with Crippen molar-refractivity contribution in [1.82, 2.24) is 10.2 Å². The van der Waals surface area contributed by atoms with Crippen LogP contribution in [0, 0.1) is 0 Å². The van der Waals surface area contributed by atoms with Crippen LogP contribution in [0.3, 0.4) is 0 Å². The van der Waals surface area contributed by atoms with Gasteiger partial charge < -0.3 is 10.2 Å². The molecular weight excluding hydrogens is 272 g/mol. The van der Waals surface area contributed by atoms with Crippen molar-refractivity contribution < 1.29 is 0 Å². The second-order valence-corrected chi connectivity index (χ2v) is 8.54. The van der Waals surface area contributed by atoms with Gasteiger partial charge in [0, 0.05) is 23.9 Å². The maximum atomic E-state index is 3.85. The van der Waals surface area contributed by atoms with Crippen molar-refractivity contribution in [3.63, 3.8) is 0 Å². The van der Waals surface area contributed by atoms with Crippen LogP contribution in [0.5, 0.6) is 0 Å². The standard InChI is InChI=1S/C15H24N2S2/c1-11-9-14(13-6-8-18-15(13)19-11)16-10-12-5-3-4-7-17(12)2/h6,8,11-12,14,16H,3-5,7,9-10H2,1-2H3/t11-,12?,14?/m0/s1. The molecule has 19 heavy (non-hydrogen) atoms. The van der Waals surface area contributed by atoms with Gasteiger partial charge in [0.15, 0.2) is 0 Å². The van der Waals surface area contributed by atoms with Crippen molar-refractivity contribution in [2.45, 2.75) is 54.1 Å². The van der Waals surface area contributed by atoms with Gasteiger partial charge in [-0.15, -0.1) is 23.1 Å². The van der Waals surface area contributed by atoms with E-state index in [1.165, 1.54) is 36.4 Å². The number of nitrogens with zero attached hydrogens (tertiary/aromatic N) is 1. The highest BCUT2D eigenvalue weighted by molar-refractivity contribution is 8.01. The number of likely N-dealkylation sites (N-methyl/N-ethyl adjacent to an activating group) is 1. The van der Waals surface area contributed by atoms with Crippen LogP contribution in [0.15, 0.2) is 15.7 Å². The molecule has 106 valence electrons. The fraction of sp³-hybridized carbons (Fsp3) is 0.733. The summed E-state index contributed by atoms with van der Waals surface area (Å²) in [6.45, 7) is 4.77. The average molecular weight is 297 g/mol. The quantitative estimate of drug-likeness (QED) is 0.914. The summed E-state index contributed by atoms with van der Waals surface area (Å²) in [4.78, 5) is 2.53. The molecule has 3 rings (SSSR count). The molecule has 0 aromatic carbocycles. The fourth-order valence-corrected chi connectivity index (χ4v) is 5.79. The number of nitrogens with one attached hydrogen (secondary N) is 1. The van der Waals surface area contributed by atoms with Crippen LogP contribution in [-0.2, 0) is 0 Å². The highest BCUT2D eigenvalue weighted by Crippen LogP contribution is 2.43. The van der Waals surface area contributed by atoms with Gasteiger partial charge in [0.2, 0.25) is 0 Å². The van der Waals surface area contributed by atoms with E-state index in [-0.39, 0.29) is 0 Å². The lowest BCUT2D eigenvalue weighted by molar-refractivity contribution is 0.177. The zero-order chi connectivity index (χ0) is 13.2. The topological polar surface area (TPSA) is 15.3 Å². The molecule has 3 atom stereocenters. The Hall–Kier alpha value is -0.0300. The monoisotopic (exact) mass is 296 g/mol. The Bertz CT molecular complexity index is 418. The maximum Gasteiger partial charge on any atom is 0.0649 e. The van der Waals surface area contributed by atoms with E-state index in [4.69, 9.17) is 0 Å². The molecule has 1 aromatic rings. The minimum absolute atomic E-state index is 0.577. The summed E-state index contributed by atoms with van der Waals surface area (Å²) in [5.74, 6) is 0. The van der Waals surface area contributed by atoms with Gasteiger partial charge in [0.05, 0.1) is 4.21 Å². The van der Waals surface area contributed by atoms with E-state index in [0.717, 1.165) is 17.8 Å². The Balaban J connectivity index is 1.61. The number of likely N-dealkylation sites (tertiary alicyclic amines) is 1. The smallest absolute Gasteiger partial charge is 0.0649 e. The first kappa shape index (κ1) is 13.9. The summed E-state index contributed by atoms with van der Waals surface area (Å²) in [6.07, 6.45) is 5.40. The van der Waals surface area contributed by atoms with Gasteiger partial charge in [-0.2, -0.15) is 0 Å². The highest BCUT2D eigenvalue weighted by Gasteiger charge is 2.27. The molecule has 2 nitrogen and oxygen atoms in total. The number of thiophene rings is 1. The van der Waals surface area contributed by atoms with Gasteiger partial charge in [-0.05, 0) is 49.9 Å². The molecule has 2 aliphatic rings. The van der Waals surface area contributed by atoms with E-state index < -0.39 is 0 Å². The van der Waals surface area contributed by atoms with Crippen LogP contribution < -0.4 is 5.32 Å². The first-order valence-corrected chi connectivity index (χ1v) is 9.17. The number of rotatable bonds is 3.